The molecule has 0 radical (unpaired) electrons. The fourth-order valence-corrected chi connectivity index (χ4v) is 2.22. The zero-order valence-electron chi connectivity index (χ0n) is 12.0. The smallest absolute Gasteiger partial charge is 0.411 e. The van der Waals surface area contributed by atoms with Gasteiger partial charge in [0.1, 0.15) is 11.6 Å². The molecule has 0 bridgehead atoms. The first-order valence-electron chi connectivity index (χ1n) is 6.20. The van der Waals surface area contributed by atoms with Crippen LogP contribution in [-0.2, 0) is 9.53 Å². The van der Waals surface area contributed by atoms with Gasteiger partial charge in [-0.25, -0.2) is 9.59 Å². The van der Waals surface area contributed by atoms with Gasteiger partial charge in [0, 0.05) is 6.04 Å². The molecule has 1 aliphatic rings. The highest BCUT2D eigenvalue weighted by Crippen LogP contribution is 2.40. The Morgan fingerprint density at radius 3 is 2.22 bits per heavy atom. The number of aliphatic carboxylic acids is 1. The molecule has 0 spiro atoms. The minimum atomic E-state index is -0.974. The molecule has 1 fully saturated rings. The SMILES string of the molecule is C[C@H]1N(C(=O)OC(C)(C)C)[C@H](C(=O)O)CC1(C)C. The summed E-state index contributed by atoms with van der Waals surface area (Å²) in [4.78, 5) is 24.7. The van der Waals surface area contributed by atoms with E-state index in [-0.39, 0.29) is 11.5 Å². The van der Waals surface area contributed by atoms with Crippen LogP contribution in [-0.4, -0.2) is 39.8 Å². The van der Waals surface area contributed by atoms with Crippen molar-refractivity contribution in [3.8, 4) is 0 Å². The molecule has 1 N–H and O–H groups in total. The lowest BCUT2D eigenvalue weighted by Gasteiger charge is -2.32. The molecule has 1 amide bonds. The molecule has 0 aliphatic carbocycles. The second-order valence-electron chi connectivity index (χ2n) is 6.61. The van der Waals surface area contributed by atoms with Gasteiger partial charge in [-0.1, -0.05) is 13.8 Å². The molecule has 18 heavy (non-hydrogen) atoms. The van der Waals surface area contributed by atoms with Crippen molar-refractivity contribution in [3.05, 3.63) is 0 Å². The fraction of sp³-hybridized carbons (Fsp3) is 0.846. The third kappa shape index (κ3) is 2.94. The number of carbonyl (C=O) groups excluding carboxylic acids is 1. The zero-order valence-corrected chi connectivity index (χ0v) is 12.0. The molecule has 1 saturated heterocycles. The topological polar surface area (TPSA) is 66.8 Å². The summed E-state index contributed by atoms with van der Waals surface area (Å²) in [5.74, 6) is -0.974. The monoisotopic (exact) mass is 257 g/mol. The fourth-order valence-electron chi connectivity index (χ4n) is 2.22. The summed E-state index contributed by atoms with van der Waals surface area (Å²) < 4.78 is 5.29. The number of ether oxygens (including phenoxy) is 1. The molecule has 0 unspecified atom stereocenters. The van der Waals surface area contributed by atoms with E-state index in [1.54, 1.807) is 20.8 Å². The summed E-state index contributed by atoms with van der Waals surface area (Å²) in [7, 11) is 0. The largest absolute Gasteiger partial charge is 0.480 e. The van der Waals surface area contributed by atoms with Crippen LogP contribution in [0.5, 0.6) is 0 Å². The molecule has 0 aromatic rings. The van der Waals surface area contributed by atoms with Crippen LogP contribution in [0.25, 0.3) is 0 Å². The van der Waals surface area contributed by atoms with E-state index in [0.717, 1.165) is 0 Å². The second kappa shape index (κ2) is 4.44. The van der Waals surface area contributed by atoms with E-state index in [1.807, 2.05) is 20.8 Å². The number of nitrogens with zero attached hydrogens (tertiary/aromatic N) is 1. The van der Waals surface area contributed by atoms with Crippen molar-refractivity contribution >= 4 is 12.1 Å². The van der Waals surface area contributed by atoms with Gasteiger partial charge in [0.15, 0.2) is 0 Å². The number of carbonyl (C=O) groups is 2. The molecule has 0 aromatic heterocycles. The highest BCUT2D eigenvalue weighted by molar-refractivity contribution is 5.81. The highest BCUT2D eigenvalue weighted by atomic mass is 16.6. The third-order valence-corrected chi connectivity index (χ3v) is 3.49. The number of carboxylic acids is 1. The molecule has 1 heterocycles. The van der Waals surface area contributed by atoms with Crippen LogP contribution in [0.1, 0.15) is 48.0 Å². The Balaban J connectivity index is 2.96. The first-order valence-corrected chi connectivity index (χ1v) is 6.20. The molecule has 1 aliphatic heterocycles. The van der Waals surface area contributed by atoms with Crippen molar-refractivity contribution in [2.75, 3.05) is 0 Å². The number of likely N-dealkylation sites (tertiary alicyclic amines) is 1. The number of rotatable bonds is 1. The summed E-state index contributed by atoms with van der Waals surface area (Å²) in [5, 5.41) is 9.23. The van der Waals surface area contributed by atoms with Crippen LogP contribution in [0.2, 0.25) is 0 Å². The molecular weight excluding hydrogens is 234 g/mol. The third-order valence-electron chi connectivity index (χ3n) is 3.49. The Hall–Kier alpha value is -1.26. The van der Waals surface area contributed by atoms with Gasteiger partial charge in [0.2, 0.25) is 0 Å². The minimum absolute atomic E-state index is 0.159. The van der Waals surface area contributed by atoms with Crippen LogP contribution in [0.3, 0.4) is 0 Å². The Bertz CT molecular complexity index is 356. The molecule has 5 nitrogen and oxygen atoms in total. The van der Waals surface area contributed by atoms with E-state index >= 15 is 0 Å². The maximum Gasteiger partial charge on any atom is 0.411 e. The van der Waals surface area contributed by atoms with Gasteiger partial charge >= 0.3 is 12.1 Å². The molecule has 0 saturated carbocycles. The van der Waals surface area contributed by atoms with E-state index in [4.69, 9.17) is 4.74 Å². The van der Waals surface area contributed by atoms with Crippen molar-refractivity contribution in [2.45, 2.75) is 65.6 Å². The van der Waals surface area contributed by atoms with Gasteiger partial charge in [0.05, 0.1) is 0 Å². The van der Waals surface area contributed by atoms with Crippen LogP contribution < -0.4 is 0 Å². The summed E-state index contributed by atoms with van der Waals surface area (Å²) >= 11 is 0. The average Bonchev–Trinajstić information content (AvgIpc) is 2.35. The molecule has 104 valence electrons. The summed E-state index contributed by atoms with van der Waals surface area (Å²) in [6.07, 6.45) is -0.101. The van der Waals surface area contributed by atoms with E-state index < -0.39 is 23.7 Å². The Labute approximate surface area is 108 Å². The Kier molecular flexibility index (Phi) is 3.65. The maximum absolute atomic E-state index is 12.1. The lowest BCUT2D eigenvalue weighted by Crippen LogP contribution is -2.47. The van der Waals surface area contributed by atoms with Crippen LogP contribution in [0, 0.1) is 5.41 Å². The van der Waals surface area contributed by atoms with Crippen molar-refractivity contribution in [3.63, 3.8) is 0 Å². The Morgan fingerprint density at radius 1 is 1.33 bits per heavy atom. The van der Waals surface area contributed by atoms with Crippen LogP contribution >= 0.6 is 0 Å². The van der Waals surface area contributed by atoms with E-state index in [2.05, 4.69) is 0 Å². The van der Waals surface area contributed by atoms with Gasteiger partial charge in [-0.3, -0.25) is 4.90 Å². The van der Waals surface area contributed by atoms with E-state index in [0.29, 0.717) is 6.42 Å². The average molecular weight is 257 g/mol. The number of hydrogen-bond acceptors (Lipinski definition) is 3. The maximum atomic E-state index is 12.1. The molecule has 1 rings (SSSR count). The van der Waals surface area contributed by atoms with Gasteiger partial charge in [-0.15, -0.1) is 0 Å². The number of hydrogen-bond donors (Lipinski definition) is 1. The Morgan fingerprint density at radius 2 is 1.83 bits per heavy atom. The lowest BCUT2D eigenvalue weighted by molar-refractivity contribution is -0.142. The first-order chi connectivity index (χ1) is 7.96. The highest BCUT2D eigenvalue weighted by Gasteiger charge is 2.50. The predicted molar refractivity (Wildman–Crippen MR) is 67.4 cm³/mol. The first kappa shape index (κ1) is 14.8. The minimum Gasteiger partial charge on any atom is -0.480 e. The van der Waals surface area contributed by atoms with Crippen molar-refractivity contribution < 1.29 is 19.4 Å². The van der Waals surface area contributed by atoms with E-state index in [9.17, 15) is 14.7 Å². The van der Waals surface area contributed by atoms with Crippen molar-refractivity contribution in [2.24, 2.45) is 5.41 Å². The zero-order chi connectivity index (χ0) is 14.3. The van der Waals surface area contributed by atoms with E-state index in [1.165, 1.54) is 4.90 Å². The quantitative estimate of drug-likeness (QED) is 0.783. The lowest BCUT2D eigenvalue weighted by atomic mass is 9.84. The molecule has 5 heteroatoms. The summed E-state index contributed by atoms with van der Waals surface area (Å²) in [5.41, 5.74) is -0.841. The van der Waals surface area contributed by atoms with Gasteiger partial charge in [0.25, 0.3) is 0 Å². The molecule has 2 atom stereocenters. The van der Waals surface area contributed by atoms with Crippen molar-refractivity contribution in [1.82, 2.24) is 4.90 Å². The second-order valence-corrected chi connectivity index (χ2v) is 6.61. The van der Waals surface area contributed by atoms with Gasteiger partial charge < -0.3 is 9.84 Å². The predicted octanol–water partition coefficient (Wildman–Crippen LogP) is 2.50. The van der Waals surface area contributed by atoms with Gasteiger partial charge in [-0.05, 0) is 39.5 Å². The molecule has 0 aromatic carbocycles. The number of carboxylic acid groups (broad SMARTS) is 1. The number of amides is 1. The van der Waals surface area contributed by atoms with Crippen LogP contribution in [0.15, 0.2) is 0 Å². The van der Waals surface area contributed by atoms with Gasteiger partial charge in [-0.2, -0.15) is 0 Å². The normalized spacial score (nSPS) is 27.1. The van der Waals surface area contributed by atoms with Crippen LogP contribution in [0.4, 0.5) is 4.79 Å². The standard InChI is InChI=1S/C13H23NO4/c1-8-13(5,6)7-9(10(15)16)14(8)11(17)18-12(2,3)4/h8-9H,7H2,1-6H3,(H,15,16)/t8-,9+/m1/s1. The summed E-state index contributed by atoms with van der Waals surface area (Å²) in [6.45, 7) is 11.1. The summed E-state index contributed by atoms with van der Waals surface area (Å²) in [6, 6.07) is -0.960. The van der Waals surface area contributed by atoms with Crippen molar-refractivity contribution in [1.29, 1.82) is 0 Å². The molecular formula is C13H23NO4.